The van der Waals surface area contributed by atoms with Crippen LogP contribution >= 0.6 is 11.6 Å². The first-order chi connectivity index (χ1) is 15.8. The van der Waals surface area contributed by atoms with Gasteiger partial charge in [0.2, 0.25) is 0 Å². The number of nitrogens with one attached hydrogen (secondary N) is 1. The van der Waals surface area contributed by atoms with Crippen LogP contribution in [0.1, 0.15) is 5.56 Å². The second-order valence-corrected chi connectivity index (χ2v) is 9.03. The first-order valence-corrected chi connectivity index (χ1v) is 11.5. The zero-order chi connectivity index (χ0) is 23.8. The van der Waals surface area contributed by atoms with Crippen molar-refractivity contribution < 1.29 is 22.7 Å². The number of ether oxygens (including phenoxy) is 2. The number of hydrazone groups is 1. The van der Waals surface area contributed by atoms with Gasteiger partial charge in [-0.15, -0.1) is 0 Å². The summed E-state index contributed by atoms with van der Waals surface area (Å²) in [6.07, 6.45) is 1.44. The van der Waals surface area contributed by atoms with Crippen molar-refractivity contribution in [1.29, 1.82) is 0 Å². The lowest BCUT2D eigenvalue weighted by atomic mass is 10.2. The van der Waals surface area contributed by atoms with Gasteiger partial charge in [-0.2, -0.15) is 5.10 Å². The molecule has 1 amide bonds. The number of sulfonamides is 1. The van der Waals surface area contributed by atoms with Crippen molar-refractivity contribution in [1.82, 2.24) is 5.43 Å². The van der Waals surface area contributed by atoms with Crippen LogP contribution in [-0.2, 0) is 14.8 Å². The van der Waals surface area contributed by atoms with Crippen molar-refractivity contribution >= 4 is 39.4 Å². The van der Waals surface area contributed by atoms with E-state index >= 15 is 0 Å². The van der Waals surface area contributed by atoms with Gasteiger partial charge in [-0.1, -0.05) is 23.7 Å². The summed E-state index contributed by atoms with van der Waals surface area (Å²) in [6, 6.07) is 19.1. The van der Waals surface area contributed by atoms with Crippen molar-refractivity contribution in [2.75, 3.05) is 25.1 Å². The minimum Gasteiger partial charge on any atom is -0.497 e. The Morgan fingerprint density at radius 1 is 1.00 bits per heavy atom. The summed E-state index contributed by atoms with van der Waals surface area (Å²) in [5.74, 6) is 0.530. The Balaban J connectivity index is 1.82. The molecule has 33 heavy (non-hydrogen) atoms. The molecule has 0 aliphatic carbocycles. The lowest BCUT2D eigenvalue weighted by Crippen LogP contribution is -2.39. The van der Waals surface area contributed by atoms with Gasteiger partial charge in [0, 0.05) is 5.02 Å². The summed E-state index contributed by atoms with van der Waals surface area (Å²) in [4.78, 5) is 12.6. The van der Waals surface area contributed by atoms with Crippen molar-refractivity contribution in [3.63, 3.8) is 0 Å². The maximum atomic E-state index is 13.3. The molecule has 0 spiro atoms. The summed E-state index contributed by atoms with van der Waals surface area (Å²) in [5, 5.41) is 4.35. The van der Waals surface area contributed by atoms with E-state index < -0.39 is 22.5 Å². The number of nitrogens with zero attached hydrogens (tertiary/aromatic N) is 2. The van der Waals surface area contributed by atoms with Crippen molar-refractivity contribution in [2.24, 2.45) is 5.10 Å². The highest BCUT2D eigenvalue weighted by Gasteiger charge is 2.27. The zero-order valence-electron chi connectivity index (χ0n) is 17.9. The quantitative estimate of drug-likeness (QED) is 0.366. The molecule has 0 aromatic heterocycles. The van der Waals surface area contributed by atoms with Gasteiger partial charge in [-0.05, 0) is 66.2 Å². The molecule has 0 saturated carbocycles. The minimum absolute atomic E-state index is 0.00549. The SMILES string of the molecule is COc1ccc(S(=O)(=O)N(CC(=O)N/N=C\c2cccc(OC)c2)c2ccc(Cl)cc2)cc1. The lowest BCUT2D eigenvalue weighted by Gasteiger charge is -2.23. The summed E-state index contributed by atoms with van der Waals surface area (Å²) < 4.78 is 37.9. The summed E-state index contributed by atoms with van der Waals surface area (Å²) in [6.45, 7) is -0.495. The monoisotopic (exact) mass is 487 g/mol. The van der Waals surface area contributed by atoms with Gasteiger partial charge >= 0.3 is 0 Å². The van der Waals surface area contributed by atoms with Crippen LogP contribution in [0.5, 0.6) is 11.5 Å². The third-order valence-electron chi connectivity index (χ3n) is 4.55. The number of halogens is 1. The van der Waals surface area contributed by atoms with Crippen molar-refractivity contribution in [2.45, 2.75) is 4.90 Å². The van der Waals surface area contributed by atoms with Gasteiger partial charge < -0.3 is 9.47 Å². The first kappa shape index (κ1) is 24.1. The predicted octanol–water partition coefficient (Wildman–Crippen LogP) is 3.70. The van der Waals surface area contributed by atoms with E-state index in [0.717, 1.165) is 4.31 Å². The normalized spacial score (nSPS) is 11.2. The van der Waals surface area contributed by atoms with E-state index in [1.54, 1.807) is 43.5 Å². The van der Waals surface area contributed by atoms with E-state index in [4.69, 9.17) is 21.1 Å². The fourth-order valence-corrected chi connectivity index (χ4v) is 4.41. The van der Waals surface area contributed by atoms with Crippen LogP contribution < -0.4 is 19.2 Å². The Morgan fingerprint density at radius 3 is 2.30 bits per heavy atom. The third kappa shape index (κ3) is 6.24. The zero-order valence-corrected chi connectivity index (χ0v) is 19.5. The van der Waals surface area contributed by atoms with E-state index in [2.05, 4.69) is 10.5 Å². The number of amides is 1. The Bertz CT molecular complexity index is 1230. The second-order valence-electron chi connectivity index (χ2n) is 6.73. The van der Waals surface area contributed by atoms with E-state index in [9.17, 15) is 13.2 Å². The molecule has 0 fully saturated rings. The Hall–Kier alpha value is -3.56. The molecule has 0 heterocycles. The van der Waals surface area contributed by atoms with Crippen LogP contribution in [-0.4, -0.2) is 41.3 Å². The highest BCUT2D eigenvalue weighted by molar-refractivity contribution is 7.92. The van der Waals surface area contributed by atoms with Gasteiger partial charge in [-0.25, -0.2) is 13.8 Å². The number of rotatable bonds is 9. The molecule has 0 aliphatic heterocycles. The maximum absolute atomic E-state index is 13.3. The number of anilines is 1. The molecule has 0 unspecified atom stereocenters. The first-order valence-electron chi connectivity index (χ1n) is 9.72. The fourth-order valence-electron chi connectivity index (χ4n) is 2.86. The third-order valence-corrected chi connectivity index (χ3v) is 6.59. The van der Waals surface area contributed by atoms with Crippen LogP contribution in [0.15, 0.2) is 82.8 Å². The molecule has 3 aromatic carbocycles. The molecule has 0 aliphatic rings. The Kier molecular flexibility index (Phi) is 7.92. The minimum atomic E-state index is -4.07. The number of carbonyl (C=O) groups excluding carboxylic acids is 1. The molecule has 3 rings (SSSR count). The molecule has 0 saturated heterocycles. The number of methoxy groups -OCH3 is 2. The summed E-state index contributed by atoms with van der Waals surface area (Å²) in [5.41, 5.74) is 3.34. The van der Waals surface area contributed by atoms with Crippen LogP contribution in [0.4, 0.5) is 5.69 Å². The number of benzene rings is 3. The number of carbonyl (C=O) groups is 1. The Labute approximate surface area is 197 Å². The summed E-state index contributed by atoms with van der Waals surface area (Å²) in [7, 11) is -1.03. The molecular weight excluding hydrogens is 466 g/mol. The second kappa shape index (κ2) is 10.8. The number of hydrogen-bond donors (Lipinski definition) is 1. The molecule has 172 valence electrons. The van der Waals surface area contributed by atoms with Gasteiger partial charge in [0.1, 0.15) is 18.0 Å². The van der Waals surface area contributed by atoms with E-state index in [1.807, 2.05) is 0 Å². The van der Waals surface area contributed by atoms with E-state index in [0.29, 0.717) is 22.1 Å². The largest absolute Gasteiger partial charge is 0.497 e. The van der Waals surface area contributed by atoms with Crippen LogP contribution in [0.3, 0.4) is 0 Å². The maximum Gasteiger partial charge on any atom is 0.264 e. The van der Waals surface area contributed by atoms with Crippen LogP contribution in [0, 0.1) is 0 Å². The Morgan fingerprint density at radius 2 is 1.67 bits per heavy atom. The highest BCUT2D eigenvalue weighted by atomic mass is 35.5. The summed E-state index contributed by atoms with van der Waals surface area (Å²) >= 11 is 5.95. The standard InChI is InChI=1S/C23H22ClN3O5S/c1-31-20-10-12-22(13-11-20)33(29,30)27(19-8-6-18(24)7-9-19)16-23(28)26-25-15-17-4-3-5-21(14-17)32-2/h3-15H,16H2,1-2H3,(H,26,28)/b25-15-. The van der Waals surface area contributed by atoms with Crippen LogP contribution in [0.25, 0.3) is 0 Å². The molecule has 1 N–H and O–H groups in total. The predicted molar refractivity (Wildman–Crippen MR) is 128 cm³/mol. The fraction of sp³-hybridized carbons (Fsp3) is 0.130. The van der Waals surface area contributed by atoms with Gasteiger partial charge in [0.05, 0.1) is 31.0 Å². The molecule has 3 aromatic rings. The van der Waals surface area contributed by atoms with Gasteiger partial charge in [0.25, 0.3) is 15.9 Å². The smallest absolute Gasteiger partial charge is 0.264 e. The molecular formula is C23H22ClN3O5S. The molecule has 10 heteroatoms. The van der Waals surface area contributed by atoms with Gasteiger partial charge in [0.15, 0.2) is 0 Å². The molecule has 0 atom stereocenters. The van der Waals surface area contributed by atoms with Crippen LogP contribution in [0.2, 0.25) is 5.02 Å². The molecule has 0 bridgehead atoms. The van der Waals surface area contributed by atoms with Crippen molar-refractivity contribution in [3.8, 4) is 11.5 Å². The van der Waals surface area contributed by atoms with Crippen molar-refractivity contribution in [3.05, 3.63) is 83.4 Å². The van der Waals surface area contributed by atoms with E-state index in [1.165, 1.54) is 49.7 Å². The molecule has 8 nitrogen and oxygen atoms in total. The molecule has 0 radical (unpaired) electrons. The van der Waals surface area contributed by atoms with Gasteiger partial charge in [-0.3, -0.25) is 9.10 Å². The topological polar surface area (TPSA) is 97.3 Å². The highest BCUT2D eigenvalue weighted by Crippen LogP contribution is 2.26. The average Bonchev–Trinajstić information content (AvgIpc) is 2.83. The lowest BCUT2D eigenvalue weighted by molar-refractivity contribution is -0.119. The average molecular weight is 488 g/mol. The van der Waals surface area contributed by atoms with E-state index in [-0.39, 0.29) is 10.6 Å². The number of hydrogen-bond acceptors (Lipinski definition) is 6.